The van der Waals surface area contributed by atoms with E-state index in [1.54, 1.807) is 0 Å². The van der Waals surface area contributed by atoms with Gasteiger partial charge in [-0.1, -0.05) is 47.1 Å². The van der Waals surface area contributed by atoms with Crippen LogP contribution in [0.3, 0.4) is 0 Å². The number of nitrogens with zero attached hydrogens (tertiary/aromatic N) is 3. The largest absolute Gasteiger partial charge is 0.338 e. The lowest BCUT2D eigenvalue weighted by atomic mass is 9.95. The zero-order valence-electron chi connectivity index (χ0n) is 18.7. The van der Waals surface area contributed by atoms with Gasteiger partial charge in [0.1, 0.15) is 0 Å². The van der Waals surface area contributed by atoms with Crippen LogP contribution in [0.15, 0.2) is 40.9 Å². The normalized spacial score (nSPS) is 15.2. The zero-order chi connectivity index (χ0) is 22.0. The van der Waals surface area contributed by atoms with E-state index in [0.717, 1.165) is 53.9 Å². The maximum Gasteiger partial charge on any atom is 0.241 e. The average molecular weight is 419 g/mol. The van der Waals surface area contributed by atoms with E-state index in [1.165, 1.54) is 5.56 Å². The van der Waals surface area contributed by atoms with Crippen LogP contribution in [0.25, 0.3) is 11.4 Å². The summed E-state index contributed by atoms with van der Waals surface area (Å²) in [5.74, 6) is 1.40. The summed E-state index contributed by atoms with van der Waals surface area (Å²) < 4.78 is 5.48. The van der Waals surface area contributed by atoms with Crippen LogP contribution in [0.4, 0.5) is 5.69 Å². The van der Waals surface area contributed by atoms with Crippen molar-refractivity contribution in [2.75, 3.05) is 18.4 Å². The molecule has 1 saturated heterocycles. The van der Waals surface area contributed by atoms with Crippen molar-refractivity contribution in [1.82, 2.24) is 15.0 Å². The minimum atomic E-state index is 0.0292. The summed E-state index contributed by atoms with van der Waals surface area (Å²) in [5.41, 5.74) is 6.52. The smallest absolute Gasteiger partial charge is 0.241 e. The van der Waals surface area contributed by atoms with Crippen molar-refractivity contribution in [2.45, 2.75) is 47.1 Å². The number of rotatable bonds is 5. The zero-order valence-corrected chi connectivity index (χ0v) is 18.7. The number of likely N-dealkylation sites (tertiary alicyclic amines) is 1. The maximum absolute atomic E-state index is 12.8. The first-order valence-electron chi connectivity index (χ1n) is 10.9. The summed E-state index contributed by atoms with van der Waals surface area (Å²) in [6, 6.07) is 12.3. The van der Waals surface area contributed by atoms with Crippen molar-refractivity contribution in [1.29, 1.82) is 0 Å². The third kappa shape index (κ3) is 4.85. The first-order chi connectivity index (χ1) is 14.9. The first kappa shape index (κ1) is 21.2. The van der Waals surface area contributed by atoms with E-state index < -0.39 is 0 Å². The summed E-state index contributed by atoms with van der Waals surface area (Å²) in [7, 11) is 0. The van der Waals surface area contributed by atoms with Crippen LogP contribution < -0.4 is 5.32 Å². The lowest BCUT2D eigenvalue weighted by Crippen LogP contribution is -2.38. The van der Waals surface area contributed by atoms with Gasteiger partial charge >= 0.3 is 0 Å². The molecule has 0 saturated carbocycles. The van der Waals surface area contributed by atoms with Crippen molar-refractivity contribution in [3.8, 4) is 11.4 Å². The summed E-state index contributed by atoms with van der Waals surface area (Å²) in [4.78, 5) is 19.7. The van der Waals surface area contributed by atoms with Gasteiger partial charge in [0.15, 0.2) is 0 Å². The molecule has 2 heterocycles. The van der Waals surface area contributed by atoms with Crippen molar-refractivity contribution in [2.24, 2.45) is 5.92 Å². The van der Waals surface area contributed by atoms with Crippen LogP contribution in [-0.4, -0.2) is 34.0 Å². The van der Waals surface area contributed by atoms with Gasteiger partial charge in [-0.2, -0.15) is 4.98 Å². The van der Waals surface area contributed by atoms with Gasteiger partial charge in [-0.05, 0) is 70.3 Å². The van der Waals surface area contributed by atoms with Crippen LogP contribution in [-0.2, 0) is 11.3 Å². The van der Waals surface area contributed by atoms with E-state index >= 15 is 0 Å². The van der Waals surface area contributed by atoms with Gasteiger partial charge in [-0.3, -0.25) is 9.69 Å². The second-order valence-electron chi connectivity index (χ2n) is 8.64. The fraction of sp³-hybridized carbons (Fsp3) is 0.400. The number of anilines is 1. The second kappa shape index (κ2) is 9.02. The predicted molar refractivity (Wildman–Crippen MR) is 122 cm³/mol. The van der Waals surface area contributed by atoms with Crippen molar-refractivity contribution in [3.05, 3.63) is 64.5 Å². The molecule has 1 aromatic heterocycles. The minimum absolute atomic E-state index is 0.0292. The van der Waals surface area contributed by atoms with Crippen LogP contribution >= 0.6 is 0 Å². The molecule has 1 amide bonds. The van der Waals surface area contributed by atoms with Gasteiger partial charge in [0.2, 0.25) is 17.6 Å². The molecule has 0 bridgehead atoms. The molecule has 0 atom stereocenters. The van der Waals surface area contributed by atoms with E-state index in [1.807, 2.05) is 45.0 Å². The van der Waals surface area contributed by atoms with Crippen LogP contribution in [0, 0.1) is 33.6 Å². The van der Waals surface area contributed by atoms with E-state index in [4.69, 9.17) is 4.52 Å². The number of aryl methyl sites for hydroxylation is 4. The fourth-order valence-corrected chi connectivity index (χ4v) is 4.40. The number of amides is 1. The summed E-state index contributed by atoms with van der Waals surface area (Å²) >= 11 is 0. The Hall–Kier alpha value is -2.99. The van der Waals surface area contributed by atoms with E-state index in [9.17, 15) is 4.79 Å². The van der Waals surface area contributed by atoms with Gasteiger partial charge in [0.05, 0.1) is 6.54 Å². The Morgan fingerprint density at radius 3 is 2.42 bits per heavy atom. The molecule has 0 radical (unpaired) electrons. The maximum atomic E-state index is 12.8. The van der Waals surface area contributed by atoms with Crippen molar-refractivity contribution >= 4 is 11.6 Å². The Bertz CT molecular complexity index is 1060. The highest BCUT2D eigenvalue weighted by molar-refractivity contribution is 5.94. The SMILES string of the molecule is Cc1cc(C)c(NC(=O)C2CCN(Cc3nc(-c4ccccc4C)no3)CC2)c(C)c1. The quantitative estimate of drug-likeness (QED) is 0.643. The summed E-state index contributed by atoms with van der Waals surface area (Å²) in [6.07, 6.45) is 1.66. The number of piperidine rings is 1. The van der Waals surface area contributed by atoms with Gasteiger partial charge < -0.3 is 9.84 Å². The Morgan fingerprint density at radius 2 is 1.74 bits per heavy atom. The highest BCUT2D eigenvalue weighted by Gasteiger charge is 2.26. The molecule has 1 aliphatic heterocycles. The number of hydrogen-bond acceptors (Lipinski definition) is 5. The molecular weight excluding hydrogens is 388 g/mol. The monoisotopic (exact) mass is 418 g/mol. The highest BCUT2D eigenvalue weighted by atomic mass is 16.5. The highest BCUT2D eigenvalue weighted by Crippen LogP contribution is 2.26. The molecule has 0 unspecified atom stereocenters. The van der Waals surface area contributed by atoms with E-state index in [0.29, 0.717) is 18.3 Å². The average Bonchev–Trinajstić information content (AvgIpc) is 3.19. The first-order valence-corrected chi connectivity index (χ1v) is 10.9. The number of hydrogen-bond donors (Lipinski definition) is 1. The summed E-state index contributed by atoms with van der Waals surface area (Å²) in [5, 5.41) is 7.32. The van der Waals surface area contributed by atoms with E-state index in [2.05, 4.69) is 39.4 Å². The van der Waals surface area contributed by atoms with Crippen LogP contribution in [0.2, 0.25) is 0 Å². The number of carbonyl (C=O) groups excluding carboxylic acids is 1. The topological polar surface area (TPSA) is 71.3 Å². The Morgan fingerprint density at radius 1 is 1.06 bits per heavy atom. The number of benzene rings is 2. The molecule has 4 rings (SSSR count). The van der Waals surface area contributed by atoms with E-state index in [-0.39, 0.29) is 11.8 Å². The molecule has 6 heteroatoms. The molecule has 0 aliphatic carbocycles. The van der Waals surface area contributed by atoms with Crippen molar-refractivity contribution in [3.63, 3.8) is 0 Å². The summed E-state index contributed by atoms with van der Waals surface area (Å²) in [6.45, 7) is 10.5. The lowest BCUT2D eigenvalue weighted by molar-refractivity contribution is -0.121. The molecule has 3 aromatic rings. The third-order valence-electron chi connectivity index (χ3n) is 6.10. The molecule has 162 valence electrons. The molecule has 1 aliphatic rings. The van der Waals surface area contributed by atoms with Crippen molar-refractivity contribution < 1.29 is 9.32 Å². The molecule has 0 spiro atoms. The molecule has 1 N–H and O–H groups in total. The minimum Gasteiger partial charge on any atom is -0.338 e. The van der Waals surface area contributed by atoms with Gasteiger partial charge in [0, 0.05) is 17.2 Å². The lowest BCUT2D eigenvalue weighted by Gasteiger charge is -2.30. The Kier molecular flexibility index (Phi) is 6.18. The molecular formula is C25H30N4O2. The van der Waals surface area contributed by atoms with Crippen LogP contribution in [0.1, 0.15) is 41.0 Å². The van der Waals surface area contributed by atoms with Gasteiger partial charge in [-0.15, -0.1) is 0 Å². The van der Waals surface area contributed by atoms with Gasteiger partial charge in [0.25, 0.3) is 0 Å². The standard InChI is InChI=1S/C25H30N4O2/c1-16-13-18(3)23(19(4)14-16)27-25(30)20-9-11-29(12-10-20)15-22-26-24(28-31-22)21-8-6-5-7-17(21)2/h5-8,13-14,20H,9-12,15H2,1-4H3,(H,27,30). The predicted octanol–water partition coefficient (Wildman–Crippen LogP) is 4.82. The third-order valence-corrected chi connectivity index (χ3v) is 6.10. The molecule has 2 aromatic carbocycles. The van der Waals surface area contributed by atoms with Gasteiger partial charge in [-0.25, -0.2) is 0 Å². The number of carbonyl (C=O) groups is 1. The fourth-order valence-electron chi connectivity index (χ4n) is 4.40. The molecule has 31 heavy (non-hydrogen) atoms. The molecule has 1 fully saturated rings. The second-order valence-corrected chi connectivity index (χ2v) is 8.64. The van der Waals surface area contributed by atoms with Crippen LogP contribution in [0.5, 0.6) is 0 Å². The Balaban J connectivity index is 1.32. The Labute approximate surface area is 183 Å². The number of aromatic nitrogens is 2. The number of nitrogens with one attached hydrogen (secondary N) is 1. The molecule has 6 nitrogen and oxygen atoms in total.